The van der Waals surface area contributed by atoms with Gasteiger partial charge in [-0.1, -0.05) is 23.7 Å². The van der Waals surface area contributed by atoms with E-state index in [0.717, 1.165) is 6.42 Å². The Hall–Kier alpha value is -3.46. The second-order valence-corrected chi connectivity index (χ2v) is 7.13. The molecular formula is C21H21ClN4O5. The Morgan fingerprint density at radius 3 is 2.52 bits per heavy atom. The smallest absolute Gasteiger partial charge is 0.269 e. The zero-order chi connectivity index (χ0) is 22.2. The maximum Gasteiger partial charge on any atom is 0.269 e. The lowest BCUT2D eigenvalue weighted by atomic mass is 10.2. The second-order valence-electron chi connectivity index (χ2n) is 6.69. The first kappa shape index (κ1) is 22.2. The number of non-ortho nitro benzene ring substituents is 1. The van der Waals surface area contributed by atoms with E-state index >= 15 is 0 Å². The van der Waals surface area contributed by atoms with E-state index in [4.69, 9.17) is 20.9 Å². The fraction of sp³-hybridized carbons (Fsp3) is 0.286. The molecule has 2 aromatic carbocycles. The molecule has 9 nitrogen and oxygen atoms in total. The summed E-state index contributed by atoms with van der Waals surface area (Å²) in [6.07, 6.45) is 1.18. The van der Waals surface area contributed by atoms with Crippen molar-refractivity contribution in [2.24, 2.45) is 0 Å². The van der Waals surface area contributed by atoms with Crippen LogP contribution in [0, 0.1) is 10.1 Å². The molecular weight excluding hydrogens is 424 g/mol. The summed E-state index contributed by atoms with van der Waals surface area (Å²) in [6.45, 7) is 2.88. The van der Waals surface area contributed by atoms with Gasteiger partial charge >= 0.3 is 0 Å². The van der Waals surface area contributed by atoms with Crippen LogP contribution in [-0.2, 0) is 11.2 Å². The number of aromatic nitrogens is 2. The van der Waals surface area contributed by atoms with Gasteiger partial charge in [-0.15, -0.1) is 0 Å². The largest absolute Gasteiger partial charge is 0.484 e. The molecule has 0 aliphatic heterocycles. The Labute approximate surface area is 183 Å². The summed E-state index contributed by atoms with van der Waals surface area (Å²) >= 11 is 5.85. The molecule has 3 rings (SSSR count). The highest BCUT2D eigenvalue weighted by Gasteiger charge is 2.16. The molecule has 31 heavy (non-hydrogen) atoms. The number of halogens is 1. The number of benzene rings is 2. The molecule has 3 aromatic rings. The zero-order valence-electron chi connectivity index (χ0n) is 16.9. The highest BCUT2D eigenvalue weighted by atomic mass is 35.5. The summed E-state index contributed by atoms with van der Waals surface area (Å²) in [4.78, 5) is 28.9. The molecule has 1 amide bonds. The summed E-state index contributed by atoms with van der Waals surface area (Å²) in [5.74, 6) is 1.14. The summed E-state index contributed by atoms with van der Waals surface area (Å²) in [7, 11) is 0. The predicted octanol–water partition coefficient (Wildman–Crippen LogP) is 4.16. The lowest BCUT2D eigenvalue weighted by Crippen LogP contribution is -2.37. The SMILES string of the molecule is CCCN(CCc1nc(-c2ccc([N+](=O)[O-])cc2)no1)C(=O)COc1ccc(Cl)cc1. The van der Waals surface area contributed by atoms with Crippen LogP contribution in [0.3, 0.4) is 0 Å². The first-order valence-corrected chi connectivity index (χ1v) is 10.1. The highest BCUT2D eigenvalue weighted by Crippen LogP contribution is 2.20. The number of rotatable bonds is 10. The van der Waals surface area contributed by atoms with Crippen molar-refractivity contribution < 1.29 is 19.0 Å². The van der Waals surface area contributed by atoms with Gasteiger partial charge in [-0.05, 0) is 42.8 Å². The van der Waals surface area contributed by atoms with Crippen LogP contribution < -0.4 is 4.74 Å². The van der Waals surface area contributed by atoms with Crippen LogP contribution in [0.5, 0.6) is 5.75 Å². The van der Waals surface area contributed by atoms with Crippen LogP contribution in [0.2, 0.25) is 5.02 Å². The number of nitro groups is 1. The van der Waals surface area contributed by atoms with Crippen molar-refractivity contribution in [1.29, 1.82) is 0 Å². The van der Waals surface area contributed by atoms with Gasteiger partial charge in [0.15, 0.2) is 6.61 Å². The Bertz CT molecular complexity index is 1020. The third-order valence-corrected chi connectivity index (χ3v) is 4.67. The summed E-state index contributed by atoms with van der Waals surface area (Å²) < 4.78 is 10.8. The van der Waals surface area contributed by atoms with E-state index in [1.165, 1.54) is 12.1 Å². The molecule has 0 atom stereocenters. The molecule has 0 radical (unpaired) electrons. The molecule has 0 bridgehead atoms. The van der Waals surface area contributed by atoms with Crippen LogP contribution in [0.4, 0.5) is 5.69 Å². The lowest BCUT2D eigenvalue weighted by molar-refractivity contribution is -0.384. The molecule has 0 spiro atoms. The van der Waals surface area contributed by atoms with Crippen molar-refractivity contribution >= 4 is 23.2 Å². The molecule has 0 aliphatic rings. The van der Waals surface area contributed by atoms with Crippen molar-refractivity contribution in [2.45, 2.75) is 19.8 Å². The zero-order valence-corrected chi connectivity index (χ0v) is 17.6. The van der Waals surface area contributed by atoms with Gasteiger partial charge in [0, 0.05) is 42.2 Å². The van der Waals surface area contributed by atoms with Crippen molar-refractivity contribution in [3.05, 3.63) is 69.6 Å². The predicted molar refractivity (Wildman–Crippen MR) is 114 cm³/mol. The van der Waals surface area contributed by atoms with Gasteiger partial charge in [-0.3, -0.25) is 14.9 Å². The van der Waals surface area contributed by atoms with Gasteiger partial charge in [0.1, 0.15) is 5.75 Å². The van der Waals surface area contributed by atoms with Gasteiger partial charge in [-0.2, -0.15) is 4.98 Å². The molecule has 0 saturated heterocycles. The molecule has 0 fully saturated rings. The van der Waals surface area contributed by atoms with Crippen molar-refractivity contribution in [3.63, 3.8) is 0 Å². The number of carbonyl (C=O) groups excluding carboxylic acids is 1. The monoisotopic (exact) mass is 444 g/mol. The number of nitrogens with zero attached hydrogens (tertiary/aromatic N) is 4. The normalized spacial score (nSPS) is 10.6. The van der Waals surface area contributed by atoms with E-state index in [-0.39, 0.29) is 18.2 Å². The fourth-order valence-electron chi connectivity index (χ4n) is 2.83. The number of nitro benzene ring substituents is 1. The van der Waals surface area contributed by atoms with Crippen LogP contribution in [-0.4, -0.2) is 45.6 Å². The average molecular weight is 445 g/mol. The minimum atomic E-state index is -0.471. The Morgan fingerprint density at radius 1 is 1.16 bits per heavy atom. The van der Waals surface area contributed by atoms with Crippen molar-refractivity contribution in [3.8, 4) is 17.1 Å². The molecule has 0 aliphatic carbocycles. The lowest BCUT2D eigenvalue weighted by Gasteiger charge is -2.21. The van der Waals surface area contributed by atoms with Gasteiger partial charge < -0.3 is 14.2 Å². The third kappa shape index (κ3) is 6.26. The topological polar surface area (TPSA) is 112 Å². The number of hydrogen-bond donors (Lipinski definition) is 0. The first-order chi connectivity index (χ1) is 15.0. The maximum absolute atomic E-state index is 12.6. The number of carbonyl (C=O) groups is 1. The average Bonchev–Trinajstić information content (AvgIpc) is 3.25. The van der Waals surface area contributed by atoms with Crippen molar-refractivity contribution in [2.75, 3.05) is 19.7 Å². The molecule has 0 N–H and O–H groups in total. The van der Waals surface area contributed by atoms with Gasteiger partial charge in [0.05, 0.1) is 4.92 Å². The van der Waals surface area contributed by atoms with E-state index < -0.39 is 4.92 Å². The number of ether oxygens (including phenoxy) is 1. The highest BCUT2D eigenvalue weighted by molar-refractivity contribution is 6.30. The summed E-state index contributed by atoms with van der Waals surface area (Å²) in [5, 5.41) is 15.3. The first-order valence-electron chi connectivity index (χ1n) is 9.70. The quantitative estimate of drug-likeness (QED) is 0.341. The molecule has 0 unspecified atom stereocenters. The van der Waals surface area contributed by atoms with E-state index in [2.05, 4.69) is 10.1 Å². The molecule has 1 heterocycles. The minimum absolute atomic E-state index is 0.0120. The number of hydrogen-bond acceptors (Lipinski definition) is 7. The van der Waals surface area contributed by atoms with Gasteiger partial charge in [-0.25, -0.2) is 0 Å². The summed E-state index contributed by atoms with van der Waals surface area (Å²) in [6, 6.07) is 12.7. The van der Waals surface area contributed by atoms with Crippen LogP contribution in [0.1, 0.15) is 19.2 Å². The molecule has 1 aromatic heterocycles. The standard InChI is InChI=1S/C21H21ClN4O5/c1-2-12-25(20(27)14-30-18-9-5-16(22)6-10-18)13-11-19-23-21(24-31-19)15-3-7-17(8-4-15)26(28)29/h3-10H,2,11-14H2,1H3. The van der Waals surface area contributed by atoms with Gasteiger partial charge in [0.2, 0.25) is 11.7 Å². The van der Waals surface area contributed by atoms with E-state index in [1.807, 2.05) is 6.92 Å². The fourth-order valence-corrected chi connectivity index (χ4v) is 2.96. The summed E-state index contributed by atoms with van der Waals surface area (Å²) in [5.41, 5.74) is 0.598. The minimum Gasteiger partial charge on any atom is -0.484 e. The van der Waals surface area contributed by atoms with Crippen LogP contribution >= 0.6 is 11.6 Å². The number of amides is 1. The van der Waals surface area contributed by atoms with Crippen LogP contribution in [0.15, 0.2) is 53.1 Å². The Balaban J connectivity index is 1.56. The second kappa shape index (κ2) is 10.5. The van der Waals surface area contributed by atoms with E-state index in [9.17, 15) is 14.9 Å². The third-order valence-electron chi connectivity index (χ3n) is 4.42. The molecule has 162 valence electrons. The molecule has 10 heteroatoms. The van der Waals surface area contributed by atoms with Gasteiger partial charge in [0.25, 0.3) is 11.6 Å². The molecule has 0 saturated carbocycles. The van der Waals surface area contributed by atoms with E-state index in [1.54, 1.807) is 41.3 Å². The van der Waals surface area contributed by atoms with Crippen LogP contribution in [0.25, 0.3) is 11.4 Å². The van der Waals surface area contributed by atoms with E-state index in [0.29, 0.717) is 47.6 Å². The Morgan fingerprint density at radius 2 is 1.87 bits per heavy atom. The Kier molecular flexibility index (Phi) is 7.55. The van der Waals surface area contributed by atoms with Crippen molar-refractivity contribution in [1.82, 2.24) is 15.0 Å². The maximum atomic E-state index is 12.6.